The van der Waals surface area contributed by atoms with Crippen molar-refractivity contribution in [2.45, 2.75) is 12.8 Å². The number of nitrogens with zero attached hydrogens (tertiary/aromatic N) is 3. The van der Waals surface area contributed by atoms with Crippen molar-refractivity contribution in [3.63, 3.8) is 0 Å². The molecule has 2 rings (SSSR count). The lowest BCUT2D eigenvalue weighted by atomic mass is 10.1. The van der Waals surface area contributed by atoms with Crippen LogP contribution < -0.4 is 14.8 Å². The predicted octanol–water partition coefficient (Wildman–Crippen LogP) is 4.61. The van der Waals surface area contributed by atoms with Crippen LogP contribution in [0.2, 0.25) is 5.02 Å². The normalized spacial score (nSPS) is 11.8. The second-order valence-corrected chi connectivity index (χ2v) is 5.55. The topological polar surface area (TPSA) is 92.5 Å². The standard InChI is InChI=1S/C16H16ClF2N5O2/c1-16(18,19)12-7-10(3-4-13(12)17)22-8-11(24-20)9-26-15-21-6-5-14(23-15)25-2/h3-8,20,22H,9H2,1-2H3/b11-8-,24-20?. The minimum absolute atomic E-state index is 0.0315. The van der Waals surface area contributed by atoms with E-state index in [2.05, 4.69) is 20.4 Å². The minimum Gasteiger partial charge on any atom is -0.481 e. The fourth-order valence-corrected chi connectivity index (χ4v) is 2.15. The van der Waals surface area contributed by atoms with Crippen LogP contribution in [-0.2, 0) is 5.92 Å². The molecule has 1 aromatic heterocycles. The predicted molar refractivity (Wildman–Crippen MR) is 92.0 cm³/mol. The van der Waals surface area contributed by atoms with Crippen LogP contribution in [-0.4, -0.2) is 23.7 Å². The maximum atomic E-state index is 13.5. The van der Waals surface area contributed by atoms with E-state index in [1.165, 1.54) is 37.7 Å². The van der Waals surface area contributed by atoms with Gasteiger partial charge in [-0.1, -0.05) is 11.6 Å². The second kappa shape index (κ2) is 8.52. The average Bonchev–Trinajstić information content (AvgIpc) is 2.62. The molecule has 0 saturated carbocycles. The van der Waals surface area contributed by atoms with Crippen LogP contribution in [0.25, 0.3) is 0 Å². The Labute approximate surface area is 153 Å². The van der Waals surface area contributed by atoms with Crippen molar-refractivity contribution in [1.29, 1.82) is 5.53 Å². The summed E-state index contributed by atoms with van der Waals surface area (Å²) in [4.78, 5) is 7.86. The first-order chi connectivity index (χ1) is 12.3. The summed E-state index contributed by atoms with van der Waals surface area (Å²) in [6.07, 6.45) is 2.81. The molecule has 0 amide bonds. The molecule has 0 saturated heterocycles. The van der Waals surface area contributed by atoms with E-state index in [1.807, 2.05) is 0 Å². The average molecular weight is 384 g/mol. The number of halogens is 3. The third-order valence-electron chi connectivity index (χ3n) is 3.15. The van der Waals surface area contributed by atoms with Crippen LogP contribution in [0.15, 0.2) is 47.5 Å². The highest BCUT2D eigenvalue weighted by Gasteiger charge is 2.27. The molecule has 138 valence electrons. The number of hydrogen-bond donors (Lipinski definition) is 2. The molecule has 0 bridgehead atoms. The number of hydrogen-bond acceptors (Lipinski definition) is 7. The molecular weight excluding hydrogens is 368 g/mol. The quantitative estimate of drug-likeness (QED) is 0.649. The summed E-state index contributed by atoms with van der Waals surface area (Å²) in [5, 5.41) is 6.06. The molecule has 7 nitrogen and oxygen atoms in total. The molecule has 0 fully saturated rings. The molecule has 0 aliphatic heterocycles. The van der Waals surface area contributed by atoms with E-state index in [0.29, 0.717) is 11.6 Å². The van der Waals surface area contributed by atoms with Crippen molar-refractivity contribution in [3.8, 4) is 11.9 Å². The molecule has 26 heavy (non-hydrogen) atoms. The van der Waals surface area contributed by atoms with Gasteiger partial charge in [0.1, 0.15) is 12.3 Å². The minimum atomic E-state index is -3.08. The third-order valence-corrected chi connectivity index (χ3v) is 3.48. The maximum Gasteiger partial charge on any atom is 0.320 e. The lowest BCUT2D eigenvalue weighted by Crippen LogP contribution is -2.08. The van der Waals surface area contributed by atoms with Crippen molar-refractivity contribution in [2.75, 3.05) is 19.0 Å². The third kappa shape index (κ3) is 5.35. The van der Waals surface area contributed by atoms with Crippen LogP contribution in [0.3, 0.4) is 0 Å². The first kappa shape index (κ1) is 19.5. The van der Waals surface area contributed by atoms with Gasteiger partial charge in [-0.05, 0) is 18.2 Å². The first-order valence-corrected chi connectivity index (χ1v) is 7.72. The van der Waals surface area contributed by atoms with Gasteiger partial charge in [0.2, 0.25) is 5.88 Å². The number of aromatic nitrogens is 2. The molecule has 10 heteroatoms. The van der Waals surface area contributed by atoms with E-state index in [9.17, 15) is 8.78 Å². The molecule has 0 unspecified atom stereocenters. The molecular formula is C16H16ClF2N5O2. The zero-order valence-corrected chi connectivity index (χ0v) is 14.7. The summed E-state index contributed by atoms with van der Waals surface area (Å²) in [7, 11) is 1.46. The summed E-state index contributed by atoms with van der Waals surface area (Å²) >= 11 is 5.80. The Morgan fingerprint density at radius 3 is 2.85 bits per heavy atom. The van der Waals surface area contributed by atoms with E-state index in [1.54, 1.807) is 6.07 Å². The fraction of sp³-hybridized carbons (Fsp3) is 0.250. The van der Waals surface area contributed by atoms with E-state index in [-0.39, 0.29) is 28.9 Å². The number of methoxy groups -OCH3 is 1. The van der Waals surface area contributed by atoms with E-state index >= 15 is 0 Å². The molecule has 0 spiro atoms. The largest absolute Gasteiger partial charge is 0.481 e. The highest BCUT2D eigenvalue weighted by Crippen LogP contribution is 2.34. The number of ether oxygens (including phenoxy) is 2. The summed E-state index contributed by atoms with van der Waals surface area (Å²) in [6, 6.07) is 5.73. The molecule has 0 aliphatic rings. The lowest BCUT2D eigenvalue weighted by Gasteiger charge is -2.14. The van der Waals surface area contributed by atoms with E-state index in [0.717, 1.165) is 6.92 Å². The van der Waals surface area contributed by atoms with Gasteiger partial charge >= 0.3 is 6.01 Å². The Balaban J connectivity index is 2.06. The number of alkyl halides is 2. The molecule has 0 aliphatic carbocycles. The Morgan fingerprint density at radius 1 is 1.42 bits per heavy atom. The van der Waals surface area contributed by atoms with Gasteiger partial charge in [0.25, 0.3) is 5.92 Å². The fourth-order valence-electron chi connectivity index (χ4n) is 1.87. The van der Waals surface area contributed by atoms with Crippen LogP contribution in [0, 0.1) is 5.53 Å². The van der Waals surface area contributed by atoms with Crippen LogP contribution >= 0.6 is 11.6 Å². The van der Waals surface area contributed by atoms with Crippen molar-refractivity contribution in [1.82, 2.24) is 9.97 Å². The first-order valence-electron chi connectivity index (χ1n) is 7.34. The van der Waals surface area contributed by atoms with Gasteiger partial charge in [-0.15, -0.1) is 0 Å². The molecule has 0 atom stereocenters. The van der Waals surface area contributed by atoms with E-state index in [4.69, 9.17) is 26.6 Å². The smallest absolute Gasteiger partial charge is 0.320 e. The van der Waals surface area contributed by atoms with Gasteiger partial charge < -0.3 is 14.8 Å². The number of anilines is 1. The summed E-state index contributed by atoms with van der Waals surface area (Å²) in [5.41, 5.74) is 7.43. The molecule has 0 radical (unpaired) electrons. The zero-order chi connectivity index (χ0) is 19.2. The summed E-state index contributed by atoms with van der Waals surface area (Å²) in [5.74, 6) is -2.75. The van der Waals surface area contributed by atoms with Gasteiger partial charge in [-0.2, -0.15) is 10.1 Å². The van der Waals surface area contributed by atoms with Gasteiger partial charge in [-0.25, -0.2) is 19.3 Å². The second-order valence-electron chi connectivity index (χ2n) is 5.15. The van der Waals surface area contributed by atoms with Crippen molar-refractivity contribution >= 4 is 17.3 Å². The van der Waals surface area contributed by atoms with Crippen molar-refractivity contribution < 1.29 is 18.3 Å². The highest BCUT2D eigenvalue weighted by molar-refractivity contribution is 6.31. The lowest BCUT2D eigenvalue weighted by molar-refractivity contribution is 0.0176. The van der Waals surface area contributed by atoms with Crippen LogP contribution in [0.5, 0.6) is 11.9 Å². The van der Waals surface area contributed by atoms with E-state index < -0.39 is 5.92 Å². The molecule has 1 aromatic carbocycles. The van der Waals surface area contributed by atoms with Crippen LogP contribution in [0.4, 0.5) is 14.5 Å². The molecule has 2 aromatic rings. The van der Waals surface area contributed by atoms with Gasteiger partial charge in [0.05, 0.1) is 7.11 Å². The van der Waals surface area contributed by atoms with Gasteiger partial charge in [-0.3, -0.25) is 0 Å². The Morgan fingerprint density at radius 2 is 2.19 bits per heavy atom. The Hall–Kier alpha value is -2.81. The number of nitrogens with one attached hydrogen (secondary N) is 2. The highest BCUT2D eigenvalue weighted by atomic mass is 35.5. The summed E-state index contributed by atoms with van der Waals surface area (Å²) < 4.78 is 37.3. The Kier molecular flexibility index (Phi) is 6.40. The van der Waals surface area contributed by atoms with Crippen molar-refractivity contribution in [3.05, 3.63) is 52.9 Å². The molecule has 1 heterocycles. The summed E-state index contributed by atoms with van der Waals surface area (Å²) in [6.45, 7) is 0.661. The van der Waals surface area contributed by atoms with Crippen molar-refractivity contribution in [2.24, 2.45) is 5.11 Å². The van der Waals surface area contributed by atoms with Crippen LogP contribution in [0.1, 0.15) is 12.5 Å². The number of benzene rings is 1. The SMILES string of the molecule is COc1ccnc(OC/C(=C/Nc2ccc(Cl)c(C(C)(F)F)c2)N=N)n1. The maximum absolute atomic E-state index is 13.5. The van der Waals surface area contributed by atoms with Gasteiger partial charge in [0.15, 0.2) is 0 Å². The zero-order valence-electron chi connectivity index (χ0n) is 14.0. The monoisotopic (exact) mass is 383 g/mol. The van der Waals surface area contributed by atoms with Gasteiger partial charge in [0, 0.05) is 41.7 Å². The Bertz CT molecular complexity index is 811. The molecule has 2 N–H and O–H groups in total. The number of rotatable bonds is 8.